The van der Waals surface area contributed by atoms with Crippen molar-refractivity contribution in [1.29, 1.82) is 0 Å². The van der Waals surface area contributed by atoms with Crippen LogP contribution < -0.4 is 10.2 Å². The number of aryl methyl sites for hydroxylation is 1. The Morgan fingerprint density at radius 1 is 1.06 bits per heavy atom. The van der Waals surface area contributed by atoms with Crippen molar-refractivity contribution < 1.29 is 23.5 Å². The molecule has 0 saturated carbocycles. The van der Waals surface area contributed by atoms with Crippen LogP contribution in [0.5, 0.6) is 0 Å². The number of nitrogens with one attached hydrogen (secondary N) is 1. The van der Waals surface area contributed by atoms with Crippen molar-refractivity contribution >= 4 is 46.9 Å². The zero-order chi connectivity index (χ0) is 23.5. The Bertz CT molecular complexity index is 1270. The largest absolute Gasteiger partial charge is 0.465 e. The monoisotopic (exact) mass is 460 g/mol. The van der Waals surface area contributed by atoms with E-state index in [-0.39, 0.29) is 10.7 Å². The van der Waals surface area contributed by atoms with Crippen LogP contribution in [0.3, 0.4) is 0 Å². The SMILES string of the molecule is CCc1ccc(N2C(=O)C(=Cc3ccc(-c4ccc(C(=O)OC)cc4)o3)C(=O)NC2=S)cc1. The first kappa shape index (κ1) is 22.2. The molecule has 33 heavy (non-hydrogen) atoms. The molecule has 2 heterocycles. The van der Waals surface area contributed by atoms with Gasteiger partial charge >= 0.3 is 5.97 Å². The fourth-order valence-electron chi connectivity index (χ4n) is 3.39. The Labute approximate surface area is 195 Å². The molecule has 1 saturated heterocycles. The van der Waals surface area contributed by atoms with Crippen LogP contribution in [0.2, 0.25) is 0 Å². The predicted octanol–water partition coefficient (Wildman–Crippen LogP) is 4.13. The first-order valence-electron chi connectivity index (χ1n) is 10.2. The molecule has 8 heteroatoms. The Hall–Kier alpha value is -4.04. The normalized spacial score (nSPS) is 15.0. The summed E-state index contributed by atoms with van der Waals surface area (Å²) in [6, 6.07) is 17.5. The lowest BCUT2D eigenvalue weighted by molar-refractivity contribution is -0.122. The minimum atomic E-state index is -0.591. The van der Waals surface area contributed by atoms with Gasteiger partial charge in [-0.1, -0.05) is 31.2 Å². The van der Waals surface area contributed by atoms with E-state index in [2.05, 4.69) is 5.32 Å². The standard InChI is InChI=1S/C25H20N2O5S/c1-3-15-4-10-18(11-5-15)27-23(29)20(22(28)26-25(27)33)14-19-12-13-21(32-19)16-6-8-17(9-7-16)24(30)31-2/h4-14H,3H2,1-2H3,(H,26,28,33). The number of thiocarbonyl (C=S) groups is 1. The van der Waals surface area contributed by atoms with Gasteiger partial charge in [-0.3, -0.25) is 19.8 Å². The number of nitrogens with zero attached hydrogens (tertiary/aromatic N) is 1. The molecule has 0 bridgehead atoms. The van der Waals surface area contributed by atoms with Gasteiger partial charge in [0.15, 0.2) is 5.11 Å². The van der Waals surface area contributed by atoms with E-state index in [0.29, 0.717) is 22.8 Å². The number of methoxy groups -OCH3 is 1. The minimum absolute atomic E-state index is 0.0252. The summed E-state index contributed by atoms with van der Waals surface area (Å²) in [6.07, 6.45) is 2.26. The fraction of sp³-hybridized carbons (Fsp3) is 0.120. The quantitative estimate of drug-likeness (QED) is 0.267. The van der Waals surface area contributed by atoms with Crippen LogP contribution in [0.1, 0.15) is 28.6 Å². The molecule has 1 N–H and O–H groups in total. The molecule has 3 aromatic rings. The van der Waals surface area contributed by atoms with Gasteiger partial charge in [0.2, 0.25) is 0 Å². The Balaban J connectivity index is 1.60. The molecular formula is C25H20N2O5S. The molecule has 7 nitrogen and oxygen atoms in total. The van der Waals surface area contributed by atoms with Crippen molar-refractivity contribution in [2.45, 2.75) is 13.3 Å². The minimum Gasteiger partial charge on any atom is -0.465 e. The molecule has 0 spiro atoms. The number of furan rings is 1. The number of hydrogen-bond acceptors (Lipinski definition) is 6. The molecule has 1 aliphatic rings. The highest BCUT2D eigenvalue weighted by atomic mass is 32.1. The third kappa shape index (κ3) is 4.47. The van der Waals surface area contributed by atoms with Crippen LogP contribution in [0.25, 0.3) is 17.4 Å². The maximum atomic E-state index is 13.1. The molecule has 1 aliphatic heterocycles. The van der Waals surface area contributed by atoms with Crippen molar-refractivity contribution in [1.82, 2.24) is 5.32 Å². The van der Waals surface area contributed by atoms with Crippen LogP contribution in [0.4, 0.5) is 5.69 Å². The number of hydrogen-bond donors (Lipinski definition) is 1. The third-order valence-electron chi connectivity index (χ3n) is 5.21. The van der Waals surface area contributed by atoms with Gasteiger partial charge in [-0.2, -0.15) is 0 Å². The fourth-order valence-corrected chi connectivity index (χ4v) is 3.67. The van der Waals surface area contributed by atoms with E-state index in [1.807, 2.05) is 19.1 Å². The van der Waals surface area contributed by atoms with Crippen LogP contribution in [0, 0.1) is 0 Å². The molecule has 0 aliphatic carbocycles. The lowest BCUT2D eigenvalue weighted by Crippen LogP contribution is -2.54. The number of rotatable bonds is 5. The third-order valence-corrected chi connectivity index (χ3v) is 5.49. The molecule has 166 valence electrons. The molecule has 0 atom stereocenters. The van der Waals surface area contributed by atoms with Crippen LogP contribution in [0.15, 0.2) is 70.7 Å². The number of benzene rings is 2. The summed E-state index contributed by atoms with van der Waals surface area (Å²) in [4.78, 5) is 38.5. The van der Waals surface area contributed by atoms with Crippen LogP contribution in [-0.2, 0) is 20.7 Å². The molecule has 0 unspecified atom stereocenters. The number of esters is 1. The Morgan fingerprint density at radius 2 is 1.76 bits per heavy atom. The number of carbonyl (C=O) groups is 3. The highest BCUT2D eigenvalue weighted by Crippen LogP contribution is 2.26. The molecule has 2 amide bonds. The second-order valence-corrected chi connectivity index (χ2v) is 7.64. The maximum Gasteiger partial charge on any atom is 0.337 e. The van der Waals surface area contributed by atoms with Crippen molar-refractivity contribution in [3.05, 3.63) is 83.1 Å². The second-order valence-electron chi connectivity index (χ2n) is 7.25. The van der Waals surface area contributed by atoms with Gasteiger partial charge in [0, 0.05) is 5.56 Å². The molecule has 4 rings (SSSR count). The Morgan fingerprint density at radius 3 is 2.39 bits per heavy atom. The molecule has 0 radical (unpaired) electrons. The first-order chi connectivity index (χ1) is 15.9. The zero-order valence-corrected chi connectivity index (χ0v) is 18.8. The summed E-state index contributed by atoms with van der Waals surface area (Å²) in [5.74, 6) is -0.709. The Kier molecular flexibility index (Phi) is 6.19. The van der Waals surface area contributed by atoms with Gasteiger partial charge < -0.3 is 9.15 Å². The van der Waals surface area contributed by atoms with E-state index in [0.717, 1.165) is 17.5 Å². The highest BCUT2D eigenvalue weighted by Gasteiger charge is 2.34. The lowest BCUT2D eigenvalue weighted by Gasteiger charge is -2.28. The van der Waals surface area contributed by atoms with E-state index in [9.17, 15) is 14.4 Å². The van der Waals surface area contributed by atoms with Crippen molar-refractivity contribution in [3.63, 3.8) is 0 Å². The molecule has 1 fully saturated rings. The number of ether oxygens (including phenoxy) is 1. The summed E-state index contributed by atoms with van der Waals surface area (Å²) >= 11 is 5.24. The van der Waals surface area contributed by atoms with Gasteiger partial charge in [0.05, 0.1) is 18.4 Å². The summed E-state index contributed by atoms with van der Waals surface area (Å²) in [5, 5.41) is 2.59. The summed E-state index contributed by atoms with van der Waals surface area (Å²) in [6.45, 7) is 2.04. The van der Waals surface area contributed by atoms with E-state index in [1.54, 1.807) is 48.5 Å². The van der Waals surface area contributed by atoms with E-state index in [4.69, 9.17) is 21.4 Å². The van der Waals surface area contributed by atoms with E-state index < -0.39 is 17.8 Å². The topological polar surface area (TPSA) is 88.8 Å². The molecule has 1 aromatic heterocycles. The second kappa shape index (κ2) is 9.22. The van der Waals surface area contributed by atoms with Gasteiger partial charge in [0.1, 0.15) is 17.1 Å². The van der Waals surface area contributed by atoms with Crippen molar-refractivity contribution in [2.75, 3.05) is 12.0 Å². The maximum absolute atomic E-state index is 13.1. The molecular weight excluding hydrogens is 440 g/mol. The summed E-state index contributed by atoms with van der Waals surface area (Å²) < 4.78 is 10.5. The van der Waals surface area contributed by atoms with Crippen molar-refractivity contribution in [2.24, 2.45) is 0 Å². The number of amides is 2. The van der Waals surface area contributed by atoms with E-state index >= 15 is 0 Å². The first-order valence-corrected chi connectivity index (χ1v) is 10.6. The predicted molar refractivity (Wildman–Crippen MR) is 128 cm³/mol. The number of anilines is 1. The number of carbonyl (C=O) groups excluding carboxylic acids is 3. The van der Waals surface area contributed by atoms with Gasteiger partial charge in [-0.25, -0.2) is 4.79 Å². The lowest BCUT2D eigenvalue weighted by atomic mass is 10.1. The van der Waals surface area contributed by atoms with Gasteiger partial charge in [-0.05, 0) is 66.7 Å². The van der Waals surface area contributed by atoms with E-state index in [1.165, 1.54) is 18.1 Å². The van der Waals surface area contributed by atoms with Crippen LogP contribution in [-0.4, -0.2) is 30.0 Å². The molecule has 2 aromatic carbocycles. The average molecular weight is 461 g/mol. The van der Waals surface area contributed by atoms with Gasteiger partial charge in [-0.15, -0.1) is 0 Å². The van der Waals surface area contributed by atoms with Crippen LogP contribution >= 0.6 is 12.2 Å². The summed E-state index contributed by atoms with van der Waals surface area (Å²) in [5.41, 5.74) is 2.74. The average Bonchev–Trinajstić information content (AvgIpc) is 3.30. The van der Waals surface area contributed by atoms with Gasteiger partial charge in [0.25, 0.3) is 11.8 Å². The zero-order valence-electron chi connectivity index (χ0n) is 18.0. The van der Waals surface area contributed by atoms with Crippen molar-refractivity contribution in [3.8, 4) is 11.3 Å². The summed E-state index contributed by atoms with van der Waals surface area (Å²) in [7, 11) is 1.32. The highest BCUT2D eigenvalue weighted by molar-refractivity contribution is 7.80. The smallest absolute Gasteiger partial charge is 0.337 e.